The number of rotatable bonds is 10. The average Bonchev–Trinajstić information content (AvgIpc) is 3.00. The highest BCUT2D eigenvalue weighted by atomic mass is 127. The molecule has 0 saturated carbocycles. The van der Waals surface area contributed by atoms with E-state index in [0.29, 0.717) is 37.0 Å². The maximum atomic E-state index is 12.7. The molecule has 0 spiro atoms. The van der Waals surface area contributed by atoms with Gasteiger partial charge in [0.2, 0.25) is 0 Å². The summed E-state index contributed by atoms with van der Waals surface area (Å²) in [6.07, 6.45) is 0. The third-order valence-electron chi connectivity index (χ3n) is 4.62. The predicted molar refractivity (Wildman–Crippen MR) is 126 cm³/mol. The van der Waals surface area contributed by atoms with Crippen LogP contribution in [0.1, 0.15) is 22.5 Å². The predicted octanol–water partition coefficient (Wildman–Crippen LogP) is 3.24. The van der Waals surface area contributed by atoms with Crippen molar-refractivity contribution in [3.63, 3.8) is 0 Å². The van der Waals surface area contributed by atoms with Gasteiger partial charge in [0.1, 0.15) is 11.5 Å². The van der Waals surface area contributed by atoms with Gasteiger partial charge in [-0.2, -0.15) is 13.9 Å². The molecule has 0 bridgehead atoms. The second-order valence-electron chi connectivity index (χ2n) is 6.50. The number of aromatic nitrogens is 2. The van der Waals surface area contributed by atoms with Crippen LogP contribution in [0.5, 0.6) is 11.5 Å². The number of ether oxygens (including phenoxy) is 3. The molecule has 0 amide bonds. The number of benzene rings is 1. The Morgan fingerprint density at radius 2 is 1.90 bits per heavy atom. The summed E-state index contributed by atoms with van der Waals surface area (Å²) in [7, 11) is 4.81. The maximum Gasteiger partial charge on any atom is 0.387 e. The Morgan fingerprint density at radius 3 is 2.52 bits per heavy atom. The van der Waals surface area contributed by atoms with E-state index in [-0.39, 0.29) is 36.3 Å². The largest absolute Gasteiger partial charge is 0.497 e. The fourth-order valence-electron chi connectivity index (χ4n) is 2.99. The van der Waals surface area contributed by atoms with Crippen molar-refractivity contribution in [2.45, 2.75) is 40.1 Å². The van der Waals surface area contributed by atoms with Crippen LogP contribution in [0.3, 0.4) is 0 Å². The fourth-order valence-corrected chi connectivity index (χ4v) is 2.99. The number of hydrogen-bond acceptors (Lipinski definition) is 5. The highest BCUT2D eigenvalue weighted by Gasteiger charge is 2.14. The molecule has 0 aliphatic carbocycles. The first kappa shape index (κ1) is 26.9. The van der Waals surface area contributed by atoms with Gasteiger partial charge >= 0.3 is 6.61 Å². The minimum Gasteiger partial charge on any atom is -0.497 e. The maximum absolute atomic E-state index is 12.7. The molecule has 1 aromatic carbocycles. The normalized spacial score (nSPS) is 11.3. The highest BCUT2D eigenvalue weighted by molar-refractivity contribution is 14.0. The number of nitrogens with one attached hydrogen (secondary N) is 2. The Morgan fingerprint density at radius 1 is 1.19 bits per heavy atom. The van der Waals surface area contributed by atoms with Crippen molar-refractivity contribution in [1.29, 1.82) is 0 Å². The molecule has 2 rings (SSSR count). The van der Waals surface area contributed by atoms with Crippen molar-refractivity contribution in [3.8, 4) is 11.5 Å². The van der Waals surface area contributed by atoms with E-state index >= 15 is 0 Å². The number of aryl methyl sites for hydroxylation is 1. The van der Waals surface area contributed by atoms with E-state index in [1.807, 2.05) is 18.5 Å². The number of aliphatic imine (C=N–C) groups is 1. The lowest BCUT2D eigenvalue weighted by atomic mass is 10.2. The number of hydrogen-bond donors (Lipinski definition) is 2. The quantitative estimate of drug-likeness (QED) is 0.267. The van der Waals surface area contributed by atoms with E-state index in [4.69, 9.17) is 9.47 Å². The number of nitrogens with zero attached hydrogens (tertiary/aromatic N) is 3. The molecule has 0 atom stereocenters. The Bertz CT molecular complexity index is 862. The number of alkyl halides is 2. The summed E-state index contributed by atoms with van der Waals surface area (Å²) in [6, 6.07) is 4.67. The Kier molecular flexibility index (Phi) is 11.5. The van der Waals surface area contributed by atoms with Gasteiger partial charge in [-0.25, -0.2) is 0 Å². The molecule has 0 radical (unpaired) electrons. The SMILES string of the molecule is CN=C(NCc1cc(OC)ccc1OC(F)F)NCc1c(C)nn(CCOC)c1C.I. The molecule has 0 aliphatic heterocycles. The monoisotopic (exact) mass is 553 g/mol. The van der Waals surface area contributed by atoms with Crippen molar-refractivity contribution in [1.82, 2.24) is 20.4 Å². The molecule has 0 saturated heterocycles. The Labute approximate surface area is 198 Å². The minimum atomic E-state index is -2.91. The van der Waals surface area contributed by atoms with Crippen LogP contribution in [-0.4, -0.2) is 50.2 Å². The van der Waals surface area contributed by atoms with Crippen molar-refractivity contribution < 1.29 is 23.0 Å². The molecule has 174 valence electrons. The highest BCUT2D eigenvalue weighted by Crippen LogP contribution is 2.25. The summed E-state index contributed by atoms with van der Waals surface area (Å²) in [6.45, 7) is 3.06. The molecule has 2 N–H and O–H groups in total. The summed E-state index contributed by atoms with van der Waals surface area (Å²) >= 11 is 0. The van der Waals surface area contributed by atoms with Gasteiger partial charge in [0, 0.05) is 44.1 Å². The lowest BCUT2D eigenvalue weighted by Crippen LogP contribution is -2.36. The third-order valence-corrected chi connectivity index (χ3v) is 4.62. The van der Waals surface area contributed by atoms with E-state index in [0.717, 1.165) is 17.0 Å². The van der Waals surface area contributed by atoms with Gasteiger partial charge in [-0.05, 0) is 32.0 Å². The molecule has 1 aromatic heterocycles. The van der Waals surface area contributed by atoms with Crippen LogP contribution in [0.15, 0.2) is 23.2 Å². The van der Waals surface area contributed by atoms with Crippen molar-refractivity contribution in [2.75, 3.05) is 27.9 Å². The molecule has 0 fully saturated rings. The van der Waals surface area contributed by atoms with Crippen LogP contribution in [-0.2, 0) is 24.4 Å². The molecule has 2 aromatic rings. The molecular formula is C20H30F2IN5O3. The molecule has 1 heterocycles. The number of guanidine groups is 1. The average molecular weight is 553 g/mol. The number of methoxy groups -OCH3 is 2. The lowest BCUT2D eigenvalue weighted by Gasteiger charge is -2.15. The third kappa shape index (κ3) is 7.80. The summed E-state index contributed by atoms with van der Waals surface area (Å²) in [4.78, 5) is 4.19. The molecular weight excluding hydrogens is 523 g/mol. The standard InChI is InChI=1S/C20H29F2N5O3.HI/c1-13-17(14(2)27(26-13)8-9-28-4)12-25-20(23-3)24-11-15-10-16(29-5)6-7-18(15)30-19(21)22;/h6-7,10,19H,8-9,11-12H2,1-5H3,(H2,23,24,25);1H. The van der Waals surface area contributed by atoms with Gasteiger partial charge in [-0.1, -0.05) is 0 Å². The van der Waals surface area contributed by atoms with Crippen LogP contribution in [0, 0.1) is 13.8 Å². The van der Waals surface area contributed by atoms with Crippen LogP contribution in [0.25, 0.3) is 0 Å². The van der Waals surface area contributed by atoms with Gasteiger partial charge < -0.3 is 24.8 Å². The second kappa shape index (κ2) is 13.3. The zero-order valence-electron chi connectivity index (χ0n) is 18.4. The smallest absolute Gasteiger partial charge is 0.387 e. The van der Waals surface area contributed by atoms with E-state index in [9.17, 15) is 8.78 Å². The van der Waals surface area contributed by atoms with Crippen molar-refractivity contribution >= 4 is 29.9 Å². The first-order valence-electron chi connectivity index (χ1n) is 9.47. The van der Waals surface area contributed by atoms with Crippen LogP contribution in [0.4, 0.5) is 8.78 Å². The summed E-state index contributed by atoms with van der Waals surface area (Å²) in [5, 5.41) is 10.9. The van der Waals surface area contributed by atoms with Crippen LogP contribution in [0.2, 0.25) is 0 Å². The van der Waals surface area contributed by atoms with Crippen LogP contribution < -0.4 is 20.1 Å². The van der Waals surface area contributed by atoms with E-state index < -0.39 is 6.61 Å². The minimum absolute atomic E-state index is 0. The van der Waals surface area contributed by atoms with Gasteiger partial charge in [-0.3, -0.25) is 9.67 Å². The second-order valence-corrected chi connectivity index (χ2v) is 6.50. The topological polar surface area (TPSA) is 81.9 Å². The van der Waals surface area contributed by atoms with E-state index in [1.165, 1.54) is 13.2 Å². The van der Waals surface area contributed by atoms with Crippen molar-refractivity contribution in [2.24, 2.45) is 4.99 Å². The van der Waals surface area contributed by atoms with E-state index in [2.05, 4.69) is 25.5 Å². The Balaban J connectivity index is 0.00000480. The zero-order valence-corrected chi connectivity index (χ0v) is 20.7. The summed E-state index contributed by atoms with van der Waals surface area (Å²) < 4.78 is 42.2. The van der Waals surface area contributed by atoms with Crippen molar-refractivity contribution in [3.05, 3.63) is 40.7 Å². The molecule has 11 heteroatoms. The summed E-state index contributed by atoms with van der Waals surface area (Å²) in [5.74, 6) is 1.15. The van der Waals surface area contributed by atoms with Gasteiger partial charge in [0.15, 0.2) is 5.96 Å². The van der Waals surface area contributed by atoms with Gasteiger partial charge in [0.05, 0.1) is 26.0 Å². The fraction of sp³-hybridized carbons (Fsp3) is 0.500. The van der Waals surface area contributed by atoms with Crippen LogP contribution >= 0.6 is 24.0 Å². The van der Waals surface area contributed by atoms with E-state index in [1.54, 1.807) is 26.3 Å². The Hall–Kier alpha value is -2.15. The molecule has 0 aliphatic rings. The molecule has 31 heavy (non-hydrogen) atoms. The lowest BCUT2D eigenvalue weighted by molar-refractivity contribution is -0.0505. The van der Waals surface area contributed by atoms with Gasteiger partial charge in [0.25, 0.3) is 0 Å². The first-order chi connectivity index (χ1) is 14.4. The first-order valence-corrected chi connectivity index (χ1v) is 9.47. The molecule has 0 unspecified atom stereocenters. The van der Waals surface area contributed by atoms with Gasteiger partial charge in [-0.15, -0.1) is 24.0 Å². The number of halogens is 3. The zero-order chi connectivity index (χ0) is 22.1. The summed E-state index contributed by atoms with van der Waals surface area (Å²) in [5.41, 5.74) is 3.56. The molecule has 8 nitrogen and oxygen atoms in total.